The largest absolute Gasteiger partial charge is 0.478 e. The van der Waals surface area contributed by atoms with Gasteiger partial charge in [-0.3, -0.25) is 0 Å². The first-order valence-electron chi connectivity index (χ1n) is 6.62. The van der Waals surface area contributed by atoms with Gasteiger partial charge in [0.25, 0.3) is 0 Å². The Bertz CT molecular complexity index is 506. The molecule has 0 aromatic heterocycles. The molecule has 3 N–H and O–H groups in total. The van der Waals surface area contributed by atoms with Crippen LogP contribution in [0, 0.1) is 5.82 Å². The van der Waals surface area contributed by atoms with E-state index in [0.717, 1.165) is 31.5 Å². The summed E-state index contributed by atoms with van der Waals surface area (Å²) in [6, 6.07) is 2.69. The van der Waals surface area contributed by atoms with Gasteiger partial charge in [0.2, 0.25) is 0 Å². The van der Waals surface area contributed by atoms with E-state index in [1.807, 2.05) is 14.1 Å². The molecule has 7 heteroatoms. The quantitative estimate of drug-likeness (QED) is 0.672. The van der Waals surface area contributed by atoms with Crippen molar-refractivity contribution < 1.29 is 19.1 Å². The molecule has 0 saturated heterocycles. The molecule has 0 spiro atoms. The van der Waals surface area contributed by atoms with Crippen molar-refractivity contribution in [2.75, 3.05) is 32.5 Å². The maximum Gasteiger partial charge on any atom is 0.337 e. The summed E-state index contributed by atoms with van der Waals surface area (Å²) in [5, 5.41) is 14.0. The number of halogens is 1. The van der Waals surface area contributed by atoms with Crippen LogP contribution in [0.3, 0.4) is 0 Å². The molecular weight excluding hydrogens is 277 g/mol. The zero-order chi connectivity index (χ0) is 15.8. The van der Waals surface area contributed by atoms with Crippen LogP contribution in [0.15, 0.2) is 18.2 Å². The highest BCUT2D eigenvalue weighted by Crippen LogP contribution is 2.16. The predicted molar refractivity (Wildman–Crippen MR) is 78.2 cm³/mol. The molecule has 0 radical (unpaired) electrons. The number of hydrogen-bond donors (Lipinski definition) is 3. The molecule has 0 atom stereocenters. The minimum Gasteiger partial charge on any atom is -0.478 e. The highest BCUT2D eigenvalue weighted by atomic mass is 19.1. The van der Waals surface area contributed by atoms with Gasteiger partial charge in [0.15, 0.2) is 0 Å². The third-order valence-corrected chi connectivity index (χ3v) is 2.78. The van der Waals surface area contributed by atoms with Gasteiger partial charge in [-0.2, -0.15) is 0 Å². The van der Waals surface area contributed by atoms with Crippen LogP contribution in [0.4, 0.5) is 14.9 Å². The number of aromatic carboxylic acids is 1. The molecule has 0 bridgehead atoms. The lowest BCUT2D eigenvalue weighted by molar-refractivity contribution is 0.0697. The van der Waals surface area contributed by atoms with E-state index in [1.54, 1.807) is 0 Å². The molecule has 0 fully saturated rings. The summed E-state index contributed by atoms with van der Waals surface area (Å²) in [5.41, 5.74) is -0.215. The van der Waals surface area contributed by atoms with Crippen LogP contribution in [0.5, 0.6) is 0 Å². The number of carbonyl (C=O) groups excluding carboxylic acids is 1. The smallest absolute Gasteiger partial charge is 0.337 e. The average molecular weight is 297 g/mol. The number of rotatable bonds is 7. The Morgan fingerprint density at radius 1 is 1.29 bits per heavy atom. The van der Waals surface area contributed by atoms with Crippen molar-refractivity contribution in [2.24, 2.45) is 0 Å². The Labute approximate surface area is 122 Å². The first-order chi connectivity index (χ1) is 9.90. The zero-order valence-corrected chi connectivity index (χ0v) is 12.1. The predicted octanol–water partition coefficient (Wildman–Crippen LogP) is 1.99. The summed E-state index contributed by atoms with van der Waals surface area (Å²) in [5.74, 6) is -1.96. The molecule has 0 aliphatic rings. The SMILES string of the molecule is CN(C)CCCCNC(=O)Nc1ccc(F)cc1C(=O)O. The minimum absolute atomic E-state index is 0.0645. The van der Waals surface area contributed by atoms with E-state index in [-0.39, 0.29) is 11.3 Å². The number of carboxylic acids is 1. The van der Waals surface area contributed by atoms with Gasteiger partial charge in [-0.25, -0.2) is 14.0 Å². The van der Waals surface area contributed by atoms with Gasteiger partial charge in [-0.05, 0) is 51.7 Å². The fourth-order valence-corrected chi connectivity index (χ4v) is 1.72. The Hall–Kier alpha value is -2.15. The Kier molecular flexibility index (Phi) is 6.61. The average Bonchev–Trinajstić information content (AvgIpc) is 2.39. The van der Waals surface area contributed by atoms with Crippen LogP contribution in [0.2, 0.25) is 0 Å². The Balaban J connectivity index is 2.46. The molecule has 1 aromatic carbocycles. The van der Waals surface area contributed by atoms with Crippen molar-refractivity contribution in [1.82, 2.24) is 10.2 Å². The number of benzene rings is 1. The van der Waals surface area contributed by atoms with Gasteiger partial charge in [0.05, 0.1) is 11.3 Å². The third kappa shape index (κ3) is 6.22. The summed E-state index contributed by atoms with van der Waals surface area (Å²) in [4.78, 5) is 24.7. The molecule has 2 amide bonds. The van der Waals surface area contributed by atoms with Crippen molar-refractivity contribution in [3.05, 3.63) is 29.6 Å². The Morgan fingerprint density at radius 2 is 2.00 bits per heavy atom. The lowest BCUT2D eigenvalue weighted by atomic mass is 10.2. The number of carbonyl (C=O) groups is 2. The molecule has 0 saturated carbocycles. The van der Waals surface area contributed by atoms with Gasteiger partial charge in [0.1, 0.15) is 5.82 Å². The number of nitrogens with zero attached hydrogens (tertiary/aromatic N) is 1. The van der Waals surface area contributed by atoms with Gasteiger partial charge >= 0.3 is 12.0 Å². The van der Waals surface area contributed by atoms with E-state index in [9.17, 15) is 14.0 Å². The van der Waals surface area contributed by atoms with Crippen LogP contribution in [-0.2, 0) is 0 Å². The molecule has 21 heavy (non-hydrogen) atoms. The second-order valence-corrected chi connectivity index (χ2v) is 4.89. The number of carboxylic acid groups (broad SMARTS) is 1. The maximum atomic E-state index is 13.0. The summed E-state index contributed by atoms with van der Waals surface area (Å²) in [6.07, 6.45) is 1.77. The van der Waals surface area contributed by atoms with Crippen molar-refractivity contribution >= 4 is 17.7 Å². The van der Waals surface area contributed by atoms with Crippen LogP contribution >= 0.6 is 0 Å². The fraction of sp³-hybridized carbons (Fsp3) is 0.429. The van der Waals surface area contributed by atoms with Crippen LogP contribution < -0.4 is 10.6 Å². The molecule has 116 valence electrons. The highest BCUT2D eigenvalue weighted by molar-refractivity contribution is 5.99. The van der Waals surface area contributed by atoms with Crippen LogP contribution in [0.1, 0.15) is 23.2 Å². The maximum absolute atomic E-state index is 13.0. The van der Waals surface area contributed by atoms with Crippen molar-refractivity contribution in [2.45, 2.75) is 12.8 Å². The number of unbranched alkanes of at least 4 members (excludes halogenated alkanes) is 1. The van der Waals surface area contributed by atoms with Crippen LogP contribution in [0.25, 0.3) is 0 Å². The van der Waals surface area contributed by atoms with E-state index in [1.165, 1.54) is 6.07 Å². The third-order valence-electron chi connectivity index (χ3n) is 2.78. The van der Waals surface area contributed by atoms with E-state index in [0.29, 0.717) is 6.54 Å². The van der Waals surface area contributed by atoms with E-state index >= 15 is 0 Å². The second-order valence-electron chi connectivity index (χ2n) is 4.89. The lowest BCUT2D eigenvalue weighted by Gasteiger charge is -2.11. The normalized spacial score (nSPS) is 10.5. The van der Waals surface area contributed by atoms with Crippen LogP contribution in [-0.4, -0.2) is 49.2 Å². The topological polar surface area (TPSA) is 81.7 Å². The number of hydrogen-bond acceptors (Lipinski definition) is 3. The van der Waals surface area contributed by atoms with Crippen molar-refractivity contribution in [3.63, 3.8) is 0 Å². The molecule has 6 nitrogen and oxygen atoms in total. The first-order valence-corrected chi connectivity index (χ1v) is 6.62. The number of anilines is 1. The standard InChI is InChI=1S/C14H20FN3O3/c1-18(2)8-4-3-7-16-14(21)17-12-6-5-10(15)9-11(12)13(19)20/h5-6,9H,3-4,7-8H2,1-2H3,(H,19,20)(H2,16,17,21). The summed E-state index contributed by atoms with van der Waals surface area (Å²) in [7, 11) is 3.95. The second kappa shape index (κ2) is 8.21. The molecule has 0 unspecified atom stereocenters. The van der Waals surface area contributed by atoms with Gasteiger partial charge in [-0.15, -0.1) is 0 Å². The number of nitrogens with one attached hydrogen (secondary N) is 2. The lowest BCUT2D eigenvalue weighted by Crippen LogP contribution is -2.30. The highest BCUT2D eigenvalue weighted by Gasteiger charge is 2.13. The van der Waals surface area contributed by atoms with Crippen molar-refractivity contribution in [3.8, 4) is 0 Å². The monoisotopic (exact) mass is 297 g/mol. The summed E-state index contributed by atoms with van der Waals surface area (Å²) >= 11 is 0. The summed E-state index contributed by atoms with van der Waals surface area (Å²) < 4.78 is 13.0. The minimum atomic E-state index is -1.30. The van der Waals surface area contributed by atoms with E-state index in [4.69, 9.17) is 5.11 Å². The van der Waals surface area contributed by atoms with Gasteiger partial charge in [-0.1, -0.05) is 0 Å². The zero-order valence-electron chi connectivity index (χ0n) is 12.1. The Morgan fingerprint density at radius 3 is 2.62 bits per heavy atom. The number of amides is 2. The molecule has 1 aromatic rings. The fourth-order valence-electron chi connectivity index (χ4n) is 1.72. The molecular formula is C14H20FN3O3. The van der Waals surface area contributed by atoms with E-state index in [2.05, 4.69) is 15.5 Å². The van der Waals surface area contributed by atoms with E-state index < -0.39 is 17.8 Å². The first kappa shape index (κ1) is 16.9. The summed E-state index contributed by atoms with van der Waals surface area (Å²) in [6.45, 7) is 1.42. The number of urea groups is 1. The molecule has 0 aliphatic heterocycles. The molecule has 0 aliphatic carbocycles. The van der Waals surface area contributed by atoms with Crippen molar-refractivity contribution in [1.29, 1.82) is 0 Å². The molecule has 1 rings (SSSR count). The van der Waals surface area contributed by atoms with Gasteiger partial charge < -0.3 is 20.6 Å². The van der Waals surface area contributed by atoms with Gasteiger partial charge in [0, 0.05) is 6.54 Å². The molecule has 0 heterocycles.